The number of hydrogen-bond donors (Lipinski definition) is 1. The van der Waals surface area contributed by atoms with E-state index in [1.165, 1.54) is 12.8 Å². The minimum absolute atomic E-state index is 0.0486. The molecule has 3 atom stereocenters. The Morgan fingerprint density at radius 3 is 2.88 bits per heavy atom. The van der Waals surface area contributed by atoms with Crippen molar-refractivity contribution in [2.24, 2.45) is 5.92 Å². The average Bonchev–Trinajstić information content (AvgIpc) is 2.17. The predicted octanol–water partition coefficient (Wildman–Crippen LogP) is 2.50. The molecule has 94 valence electrons. The van der Waals surface area contributed by atoms with Gasteiger partial charge in [0.25, 0.3) is 0 Å². The monoisotopic (exact) mass is 227 g/mol. The molecule has 1 saturated carbocycles. The van der Waals surface area contributed by atoms with Crippen molar-refractivity contribution in [3.05, 3.63) is 0 Å². The number of hydrogen-bond acceptors (Lipinski definition) is 3. The first-order valence-electron chi connectivity index (χ1n) is 6.54. The van der Waals surface area contributed by atoms with Gasteiger partial charge in [-0.2, -0.15) is 0 Å². The Morgan fingerprint density at radius 2 is 2.25 bits per heavy atom. The number of esters is 1. The lowest BCUT2D eigenvalue weighted by Crippen LogP contribution is -2.31. The van der Waals surface area contributed by atoms with E-state index in [4.69, 9.17) is 4.74 Å². The van der Waals surface area contributed by atoms with Gasteiger partial charge in [-0.25, -0.2) is 0 Å². The van der Waals surface area contributed by atoms with Crippen LogP contribution in [0.25, 0.3) is 0 Å². The summed E-state index contributed by atoms with van der Waals surface area (Å²) in [5.74, 6) is 0.658. The quantitative estimate of drug-likeness (QED) is 0.733. The third-order valence-electron chi connectivity index (χ3n) is 3.21. The van der Waals surface area contributed by atoms with Crippen LogP contribution in [0.2, 0.25) is 0 Å². The first kappa shape index (κ1) is 13.5. The highest BCUT2D eigenvalue weighted by atomic mass is 16.5. The summed E-state index contributed by atoms with van der Waals surface area (Å²) < 4.78 is 5.50. The molecule has 0 radical (unpaired) electrons. The molecule has 0 aliphatic heterocycles. The van der Waals surface area contributed by atoms with Gasteiger partial charge in [0.05, 0.1) is 6.42 Å². The summed E-state index contributed by atoms with van der Waals surface area (Å²) in [7, 11) is 0. The Labute approximate surface area is 98.9 Å². The Kier molecular flexibility index (Phi) is 5.81. The Bertz CT molecular complexity index is 218. The highest BCUT2D eigenvalue weighted by Crippen LogP contribution is 2.25. The van der Waals surface area contributed by atoms with Gasteiger partial charge in [0.15, 0.2) is 0 Å². The highest BCUT2D eigenvalue weighted by Gasteiger charge is 2.22. The molecule has 16 heavy (non-hydrogen) atoms. The smallest absolute Gasteiger partial charge is 0.307 e. The van der Waals surface area contributed by atoms with Gasteiger partial charge in [0, 0.05) is 6.04 Å². The van der Waals surface area contributed by atoms with Gasteiger partial charge in [0.2, 0.25) is 0 Å². The maximum absolute atomic E-state index is 11.6. The van der Waals surface area contributed by atoms with Gasteiger partial charge in [-0.3, -0.25) is 4.79 Å². The van der Waals surface area contributed by atoms with E-state index < -0.39 is 0 Å². The topological polar surface area (TPSA) is 38.3 Å². The second-order valence-corrected chi connectivity index (χ2v) is 5.05. The van der Waals surface area contributed by atoms with Gasteiger partial charge in [-0.1, -0.05) is 20.3 Å². The van der Waals surface area contributed by atoms with E-state index in [0.29, 0.717) is 12.3 Å². The maximum Gasteiger partial charge on any atom is 0.307 e. The number of nitrogens with one attached hydrogen (secondary N) is 1. The van der Waals surface area contributed by atoms with Crippen LogP contribution < -0.4 is 5.32 Å². The average molecular weight is 227 g/mol. The van der Waals surface area contributed by atoms with E-state index in [-0.39, 0.29) is 18.1 Å². The van der Waals surface area contributed by atoms with Gasteiger partial charge < -0.3 is 10.1 Å². The zero-order chi connectivity index (χ0) is 12.0. The maximum atomic E-state index is 11.6. The van der Waals surface area contributed by atoms with E-state index in [2.05, 4.69) is 12.2 Å². The van der Waals surface area contributed by atoms with Crippen LogP contribution in [-0.4, -0.2) is 24.7 Å². The molecule has 0 heterocycles. The minimum atomic E-state index is -0.0486. The highest BCUT2D eigenvalue weighted by molar-refractivity contribution is 5.70. The zero-order valence-electron chi connectivity index (χ0n) is 10.8. The molecular formula is C13H25NO2. The first-order chi connectivity index (χ1) is 7.61. The Morgan fingerprint density at radius 1 is 1.50 bits per heavy atom. The van der Waals surface area contributed by atoms with Crippen molar-refractivity contribution in [1.29, 1.82) is 0 Å². The summed E-state index contributed by atoms with van der Waals surface area (Å²) in [4.78, 5) is 11.6. The van der Waals surface area contributed by atoms with E-state index in [1.807, 2.05) is 13.8 Å². The second kappa shape index (κ2) is 6.89. The summed E-state index contributed by atoms with van der Waals surface area (Å²) in [6.07, 6.45) is 5.22. The Balaban J connectivity index is 2.22. The molecule has 0 bridgehead atoms. The van der Waals surface area contributed by atoms with Gasteiger partial charge >= 0.3 is 5.97 Å². The fraction of sp³-hybridized carbons (Fsp3) is 0.923. The van der Waals surface area contributed by atoms with Crippen LogP contribution in [-0.2, 0) is 9.53 Å². The number of ether oxygens (including phenoxy) is 1. The summed E-state index contributed by atoms with van der Waals surface area (Å²) in [5.41, 5.74) is 0. The Hall–Kier alpha value is -0.570. The number of carbonyl (C=O) groups excluding carboxylic acids is 1. The van der Waals surface area contributed by atoms with Crippen molar-refractivity contribution < 1.29 is 9.53 Å². The molecule has 0 aromatic heterocycles. The van der Waals surface area contributed by atoms with Crippen LogP contribution in [0.5, 0.6) is 0 Å². The summed E-state index contributed by atoms with van der Waals surface area (Å²) in [6, 6.07) is 0.221. The van der Waals surface area contributed by atoms with E-state index in [9.17, 15) is 4.79 Å². The molecule has 3 nitrogen and oxygen atoms in total. The van der Waals surface area contributed by atoms with Crippen molar-refractivity contribution in [2.45, 2.75) is 65.0 Å². The van der Waals surface area contributed by atoms with Crippen molar-refractivity contribution in [1.82, 2.24) is 5.32 Å². The largest absolute Gasteiger partial charge is 0.462 e. The SMILES string of the molecule is CCNC(C)CC(=O)OC1CCCC(C)C1. The van der Waals surface area contributed by atoms with E-state index in [1.54, 1.807) is 0 Å². The molecule has 0 aromatic carbocycles. The summed E-state index contributed by atoms with van der Waals surface area (Å²) in [6.45, 7) is 7.20. The molecule has 0 spiro atoms. The van der Waals surface area contributed by atoms with Gasteiger partial charge in [0.1, 0.15) is 6.10 Å². The van der Waals surface area contributed by atoms with Crippen LogP contribution in [0.1, 0.15) is 52.9 Å². The van der Waals surface area contributed by atoms with E-state index in [0.717, 1.165) is 19.4 Å². The third-order valence-corrected chi connectivity index (χ3v) is 3.21. The van der Waals surface area contributed by atoms with Crippen molar-refractivity contribution in [2.75, 3.05) is 6.54 Å². The fourth-order valence-electron chi connectivity index (χ4n) is 2.39. The molecule has 3 heteroatoms. The molecule has 1 fully saturated rings. The lowest BCUT2D eigenvalue weighted by atomic mass is 9.89. The van der Waals surface area contributed by atoms with Crippen molar-refractivity contribution in [3.63, 3.8) is 0 Å². The molecule has 0 amide bonds. The fourth-order valence-corrected chi connectivity index (χ4v) is 2.39. The lowest BCUT2D eigenvalue weighted by molar-refractivity contribution is -0.151. The molecule has 1 N–H and O–H groups in total. The van der Waals surface area contributed by atoms with Crippen LogP contribution in [0.15, 0.2) is 0 Å². The molecule has 1 rings (SSSR count). The normalized spacial score (nSPS) is 27.4. The summed E-state index contributed by atoms with van der Waals surface area (Å²) in [5, 5.41) is 3.22. The van der Waals surface area contributed by atoms with Gasteiger partial charge in [-0.15, -0.1) is 0 Å². The predicted molar refractivity (Wildman–Crippen MR) is 65.3 cm³/mol. The van der Waals surface area contributed by atoms with Crippen molar-refractivity contribution in [3.8, 4) is 0 Å². The standard InChI is InChI=1S/C13H25NO2/c1-4-14-11(3)9-13(15)16-12-7-5-6-10(2)8-12/h10-12,14H,4-9H2,1-3H3. The van der Waals surface area contributed by atoms with Crippen LogP contribution in [0.4, 0.5) is 0 Å². The third kappa shape index (κ3) is 4.97. The second-order valence-electron chi connectivity index (χ2n) is 5.05. The van der Waals surface area contributed by atoms with Gasteiger partial charge in [-0.05, 0) is 38.6 Å². The van der Waals surface area contributed by atoms with Crippen LogP contribution in [0.3, 0.4) is 0 Å². The minimum Gasteiger partial charge on any atom is -0.462 e. The van der Waals surface area contributed by atoms with E-state index >= 15 is 0 Å². The van der Waals surface area contributed by atoms with Crippen molar-refractivity contribution >= 4 is 5.97 Å². The first-order valence-corrected chi connectivity index (χ1v) is 6.54. The molecule has 1 aliphatic rings. The molecule has 0 saturated heterocycles. The number of carbonyl (C=O) groups is 1. The van der Waals surface area contributed by atoms with Crippen LogP contribution in [0, 0.1) is 5.92 Å². The van der Waals surface area contributed by atoms with Crippen LogP contribution >= 0.6 is 0 Å². The molecule has 0 aromatic rings. The molecule has 1 aliphatic carbocycles. The zero-order valence-corrected chi connectivity index (χ0v) is 10.8. The molecule has 3 unspecified atom stereocenters. The molecular weight excluding hydrogens is 202 g/mol. The number of rotatable bonds is 5. The summed E-state index contributed by atoms with van der Waals surface area (Å²) >= 11 is 0. The lowest BCUT2D eigenvalue weighted by Gasteiger charge is -2.27.